The van der Waals surface area contributed by atoms with E-state index >= 15 is 0 Å². The summed E-state index contributed by atoms with van der Waals surface area (Å²) in [6, 6.07) is -0.898. The molecule has 130 valence electrons. The van der Waals surface area contributed by atoms with Crippen molar-refractivity contribution in [1.29, 1.82) is 0 Å². The minimum Gasteiger partial charge on any atom is -0.480 e. The topological polar surface area (TPSA) is 95.9 Å². The van der Waals surface area contributed by atoms with Crippen molar-refractivity contribution in [2.75, 3.05) is 19.7 Å². The second-order valence-electron chi connectivity index (χ2n) is 6.86. The maximum absolute atomic E-state index is 12.3. The molecule has 23 heavy (non-hydrogen) atoms. The van der Waals surface area contributed by atoms with E-state index in [4.69, 9.17) is 4.74 Å². The molecule has 0 aromatic rings. The molecule has 3 atom stereocenters. The van der Waals surface area contributed by atoms with Crippen molar-refractivity contribution >= 4 is 17.8 Å². The molecule has 2 aliphatic heterocycles. The summed E-state index contributed by atoms with van der Waals surface area (Å²) >= 11 is 0. The third-order valence-corrected chi connectivity index (χ3v) is 4.35. The number of nitrogens with one attached hydrogen (secondary N) is 1. The molecular formula is C16H26N2O5. The molecule has 0 spiro atoms. The molecule has 2 amide bonds. The molecule has 0 aromatic carbocycles. The highest BCUT2D eigenvalue weighted by Crippen LogP contribution is 2.22. The van der Waals surface area contributed by atoms with Gasteiger partial charge in [-0.15, -0.1) is 0 Å². The lowest BCUT2D eigenvalue weighted by molar-refractivity contribution is -0.142. The first-order valence-corrected chi connectivity index (χ1v) is 8.29. The fourth-order valence-electron chi connectivity index (χ4n) is 3.14. The quantitative estimate of drug-likeness (QED) is 0.715. The second-order valence-corrected chi connectivity index (χ2v) is 6.86. The average molecular weight is 326 g/mol. The van der Waals surface area contributed by atoms with Gasteiger partial charge in [0.15, 0.2) is 0 Å². The van der Waals surface area contributed by atoms with Gasteiger partial charge < -0.3 is 20.1 Å². The summed E-state index contributed by atoms with van der Waals surface area (Å²) < 4.78 is 5.53. The molecule has 0 saturated carbocycles. The minimum absolute atomic E-state index is 0.0589. The van der Waals surface area contributed by atoms with E-state index in [1.807, 2.05) is 13.8 Å². The van der Waals surface area contributed by atoms with Crippen LogP contribution in [0.4, 0.5) is 0 Å². The second kappa shape index (κ2) is 7.77. The van der Waals surface area contributed by atoms with Crippen molar-refractivity contribution in [2.24, 2.45) is 11.8 Å². The SMILES string of the molecule is CC(C)CC(NC(=O)C1CC(=O)N(CC2CCCO2)C1)C(=O)O. The lowest BCUT2D eigenvalue weighted by Gasteiger charge is -2.21. The zero-order valence-electron chi connectivity index (χ0n) is 13.8. The van der Waals surface area contributed by atoms with Gasteiger partial charge in [0.25, 0.3) is 0 Å². The number of hydrogen-bond donors (Lipinski definition) is 2. The fourth-order valence-corrected chi connectivity index (χ4v) is 3.14. The Morgan fingerprint density at radius 3 is 2.74 bits per heavy atom. The predicted octanol–water partition coefficient (Wildman–Crippen LogP) is 0.629. The van der Waals surface area contributed by atoms with Crippen molar-refractivity contribution in [3.8, 4) is 0 Å². The number of carbonyl (C=O) groups is 3. The molecule has 7 heteroatoms. The normalized spacial score (nSPS) is 25.9. The Bertz CT molecular complexity index is 459. The molecule has 0 radical (unpaired) electrons. The number of hydrogen-bond acceptors (Lipinski definition) is 4. The van der Waals surface area contributed by atoms with Gasteiger partial charge in [-0.3, -0.25) is 9.59 Å². The van der Waals surface area contributed by atoms with Crippen LogP contribution in [0.1, 0.15) is 39.5 Å². The van der Waals surface area contributed by atoms with E-state index in [0.717, 1.165) is 19.4 Å². The van der Waals surface area contributed by atoms with Crippen LogP contribution in [0, 0.1) is 11.8 Å². The fraction of sp³-hybridized carbons (Fsp3) is 0.812. The van der Waals surface area contributed by atoms with Gasteiger partial charge >= 0.3 is 5.97 Å². The number of carboxylic acids is 1. The number of carbonyl (C=O) groups excluding carboxylic acids is 2. The third kappa shape index (κ3) is 4.92. The zero-order chi connectivity index (χ0) is 17.0. The first kappa shape index (κ1) is 17.7. The van der Waals surface area contributed by atoms with Crippen LogP contribution < -0.4 is 5.32 Å². The van der Waals surface area contributed by atoms with Crippen molar-refractivity contribution < 1.29 is 24.2 Å². The van der Waals surface area contributed by atoms with Gasteiger partial charge in [-0.1, -0.05) is 13.8 Å². The number of rotatable bonds is 7. The summed E-state index contributed by atoms with van der Waals surface area (Å²) in [6.45, 7) is 5.41. The van der Waals surface area contributed by atoms with Crippen LogP contribution in [-0.4, -0.2) is 59.6 Å². The summed E-state index contributed by atoms with van der Waals surface area (Å²) in [5, 5.41) is 11.8. The van der Waals surface area contributed by atoms with Crippen LogP contribution >= 0.6 is 0 Å². The Hall–Kier alpha value is -1.63. The van der Waals surface area contributed by atoms with Crippen molar-refractivity contribution in [3.63, 3.8) is 0 Å². The molecule has 2 rings (SSSR count). The number of likely N-dealkylation sites (tertiary alicyclic amines) is 1. The highest BCUT2D eigenvalue weighted by Gasteiger charge is 2.37. The standard InChI is InChI=1S/C16H26N2O5/c1-10(2)6-13(16(21)22)17-15(20)11-7-14(19)18(8-11)9-12-4-3-5-23-12/h10-13H,3-9H2,1-2H3,(H,17,20)(H,21,22). The van der Waals surface area contributed by atoms with Crippen LogP contribution in [0.5, 0.6) is 0 Å². The lowest BCUT2D eigenvalue weighted by atomic mass is 10.0. The zero-order valence-corrected chi connectivity index (χ0v) is 13.8. The highest BCUT2D eigenvalue weighted by atomic mass is 16.5. The Morgan fingerprint density at radius 1 is 1.43 bits per heavy atom. The summed E-state index contributed by atoms with van der Waals surface area (Å²) in [4.78, 5) is 37.2. The van der Waals surface area contributed by atoms with Gasteiger partial charge in [-0.25, -0.2) is 4.79 Å². The third-order valence-electron chi connectivity index (χ3n) is 4.35. The first-order valence-electron chi connectivity index (χ1n) is 8.29. The van der Waals surface area contributed by atoms with Gasteiger partial charge in [-0.2, -0.15) is 0 Å². The van der Waals surface area contributed by atoms with Gasteiger partial charge in [0.2, 0.25) is 11.8 Å². The first-order chi connectivity index (χ1) is 10.9. The van der Waals surface area contributed by atoms with E-state index in [-0.39, 0.29) is 30.3 Å². The molecule has 7 nitrogen and oxygen atoms in total. The van der Waals surface area contributed by atoms with Crippen LogP contribution in [0.25, 0.3) is 0 Å². The van der Waals surface area contributed by atoms with E-state index in [9.17, 15) is 19.5 Å². The van der Waals surface area contributed by atoms with Crippen LogP contribution in [0.2, 0.25) is 0 Å². The Morgan fingerprint density at radius 2 is 2.17 bits per heavy atom. The Labute approximate surface area is 136 Å². The average Bonchev–Trinajstić information content (AvgIpc) is 3.08. The van der Waals surface area contributed by atoms with Crippen molar-refractivity contribution in [3.05, 3.63) is 0 Å². The molecule has 3 unspecified atom stereocenters. The molecule has 2 saturated heterocycles. The lowest BCUT2D eigenvalue weighted by Crippen LogP contribution is -2.45. The molecule has 2 N–H and O–H groups in total. The summed E-state index contributed by atoms with van der Waals surface area (Å²) in [5.74, 6) is -1.75. The molecule has 0 aliphatic carbocycles. The Kier molecular flexibility index (Phi) is 5.98. The molecule has 2 fully saturated rings. The van der Waals surface area contributed by atoms with Crippen molar-refractivity contribution in [2.45, 2.75) is 51.7 Å². The monoisotopic (exact) mass is 326 g/mol. The summed E-state index contributed by atoms with van der Waals surface area (Å²) in [7, 11) is 0. The summed E-state index contributed by atoms with van der Waals surface area (Å²) in [6.07, 6.45) is 2.53. The maximum Gasteiger partial charge on any atom is 0.326 e. The largest absolute Gasteiger partial charge is 0.480 e. The van der Waals surface area contributed by atoms with E-state index in [1.165, 1.54) is 0 Å². The number of carboxylic acid groups (broad SMARTS) is 1. The van der Waals surface area contributed by atoms with Crippen LogP contribution in [-0.2, 0) is 19.1 Å². The smallest absolute Gasteiger partial charge is 0.326 e. The number of nitrogens with zero attached hydrogens (tertiary/aromatic N) is 1. The molecule has 2 heterocycles. The van der Waals surface area contributed by atoms with E-state index in [1.54, 1.807) is 4.90 Å². The van der Waals surface area contributed by atoms with Crippen LogP contribution in [0.3, 0.4) is 0 Å². The minimum atomic E-state index is -1.03. The molecule has 0 bridgehead atoms. The van der Waals surface area contributed by atoms with Crippen molar-refractivity contribution in [1.82, 2.24) is 10.2 Å². The molecular weight excluding hydrogens is 300 g/mol. The Balaban J connectivity index is 1.87. The number of ether oxygens (including phenoxy) is 1. The van der Waals surface area contributed by atoms with E-state index in [2.05, 4.69) is 5.32 Å². The molecule has 0 aromatic heterocycles. The van der Waals surface area contributed by atoms with E-state index in [0.29, 0.717) is 19.5 Å². The predicted molar refractivity (Wildman–Crippen MR) is 82.7 cm³/mol. The highest BCUT2D eigenvalue weighted by molar-refractivity contribution is 5.91. The van der Waals surface area contributed by atoms with Gasteiger partial charge in [0.1, 0.15) is 6.04 Å². The van der Waals surface area contributed by atoms with E-state index < -0.39 is 17.9 Å². The summed E-state index contributed by atoms with van der Waals surface area (Å²) in [5.41, 5.74) is 0. The number of aliphatic carboxylic acids is 1. The van der Waals surface area contributed by atoms with Gasteiger partial charge in [0, 0.05) is 26.1 Å². The number of amides is 2. The maximum atomic E-state index is 12.3. The van der Waals surface area contributed by atoms with Gasteiger partial charge in [0.05, 0.1) is 12.0 Å². The molecule has 2 aliphatic rings. The van der Waals surface area contributed by atoms with Crippen LogP contribution in [0.15, 0.2) is 0 Å². The van der Waals surface area contributed by atoms with Gasteiger partial charge in [-0.05, 0) is 25.2 Å².